The third-order valence-corrected chi connectivity index (χ3v) is 4.09. The van der Waals surface area contributed by atoms with Crippen LogP contribution in [0.3, 0.4) is 0 Å². The summed E-state index contributed by atoms with van der Waals surface area (Å²) < 4.78 is 0. The van der Waals surface area contributed by atoms with Gasteiger partial charge in [-0.15, -0.1) is 0 Å². The maximum atomic E-state index is 12.6. The lowest BCUT2D eigenvalue weighted by atomic mass is 9.84. The molecule has 98 valence electrons. The minimum absolute atomic E-state index is 0.140. The molecule has 1 heterocycles. The highest BCUT2D eigenvalue weighted by Crippen LogP contribution is 2.41. The van der Waals surface area contributed by atoms with Crippen LogP contribution in [0, 0.1) is 0 Å². The van der Waals surface area contributed by atoms with Gasteiger partial charge in [-0.1, -0.05) is 49.7 Å². The average Bonchev–Trinajstić information content (AvgIpc) is 2.84. The Morgan fingerprint density at radius 2 is 1.70 bits per heavy atom. The topological polar surface area (TPSA) is 32.9 Å². The van der Waals surface area contributed by atoms with Crippen LogP contribution < -0.4 is 0 Å². The van der Waals surface area contributed by atoms with Crippen LogP contribution >= 0.6 is 0 Å². The third kappa shape index (κ3) is 1.36. The third-order valence-electron chi connectivity index (χ3n) is 4.09. The van der Waals surface area contributed by atoms with Crippen LogP contribution in [0.25, 0.3) is 22.0 Å². The van der Waals surface area contributed by atoms with Crippen molar-refractivity contribution in [2.24, 2.45) is 0 Å². The molecule has 2 aromatic carbocycles. The molecule has 2 nitrogen and oxygen atoms in total. The van der Waals surface area contributed by atoms with E-state index >= 15 is 0 Å². The van der Waals surface area contributed by atoms with Crippen molar-refractivity contribution in [3.8, 4) is 11.1 Å². The predicted molar refractivity (Wildman–Crippen MR) is 81.2 cm³/mol. The first-order chi connectivity index (χ1) is 9.81. The van der Waals surface area contributed by atoms with Gasteiger partial charge in [0.2, 0.25) is 0 Å². The smallest absolute Gasteiger partial charge is 0.194 e. The Labute approximate surface area is 117 Å². The van der Waals surface area contributed by atoms with E-state index in [1.54, 1.807) is 0 Å². The number of benzene rings is 2. The van der Waals surface area contributed by atoms with E-state index in [0.29, 0.717) is 0 Å². The molecule has 0 atom stereocenters. The Hall–Kier alpha value is -2.35. The number of carbonyl (C=O) groups is 1. The first kappa shape index (κ1) is 11.5. The number of hydrogen-bond acceptors (Lipinski definition) is 1. The monoisotopic (exact) mass is 261 g/mol. The molecule has 0 saturated heterocycles. The van der Waals surface area contributed by atoms with E-state index in [1.807, 2.05) is 30.3 Å². The van der Waals surface area contributed by atoms with Gasteiger partial charge in [0.05, 0.1) is 0 Å². The summed E-state index contributed by atoms with van der Waals surface area (Å²) in [5, 5.41) is 1.10. The molecule has 0 fully saturated rings. The molecule has 4 rings (SSSR count). The normalized spacial score (nSPS) is 12.8. The molecule has 0 unspecified atom stereocenters. The lowest BCUT2D eigenvalue weighted by molar-refractivity contribution is 0.104. The lowest BCUT2D eigenvalue weighted by Crippen LogP contribution is -2.09. The molecule has 0 saturated carbocycles. The van der Waals surface area contributed by atoms with Gasteiger partial charge in [0.1, 0.15) is 0 Å². The minimum atomic E-state index is 0.140. The van der Waals surface area contributed by atoms with E-state index in [0.717, 1.165) is 40.4 Å². The highest BCUT2D eigenvalue weighted by Gasteiger charge is 2.27. The first-order valence-corrected chi connectivity index (χ1v) is 7.09. The molecule has 0 amide bonds. The van der Waals surface area contributed by atoms with Crippen molar-refractivity contribution in [2.45, 2.75) is 19.8 Å². The standard InChI is InChI=1S/C18H15NO/c1-2-6-14-16-11-7-3-4-8-12(11)18(20)13-9-5-10-15(19-14)17(13)16/h3-5,7-10,19H,2,6H2,1H3. The summed E-state index contributed by atoms with van der Waals surface area (Å²) in [6.07, 6.45) is 2.09. The Kier molecular flexibility index (Phi) is 2.34. The minimum Gasteiger partial charge on any atom is -0.358 e. The number of H-pyrrole nitrogens is 1. The van der Waals surface area contributed by atoms with E-state index in [-0.39, 0.29) is 5.78 Å². The Morgan fingerprint density at radius 1 is 0.950 bits per heavy atom. The Balaban J connectivity index is 2.18. The zero-order valence-corrected chi connectivity index (χ0v) is 11.4. The lowest BCUT2D eigenvalue weighted by Gasteiger charge is -2.16. The number of hydrogen-bond donors (Lipinski definition) is 1. The molecule has 0 aliphatic heterocycles. The van der Waals surface area contributed by atoms with Gasteiger partial charge in [-0.25, -0.2) is 0 Å². The van der Waals surface area contributed by atoms with Crippen molar-refractivity contribution >= 4 is 16.7 Å². The fourth-order valence-electron chi connectivity index (χ4n) is 3.27. The molecular formula is C18H15NO. The van der Waals surface area contributed by atoms with Gasteiger partial charge in [0, 0.05) is 33.3 Å². The average molecular weight is 261 g/mol. The maximum absolute atomic E-state index is 12.6. The van der Waals surface area contributed by atoms with Crippen LogP contribution in [0.2, 0.25) is 0 Å². The first-order valence-electron chi connectivity index (χ1n) is 7.09. The summed E-state index contributed by atoms with van der Waals surface area (Å²) in [5.74, 6) is 0.140. The number of carbonyl (C=O) groups excluding carboxylic acids is 1. The van der Waals surface area contributed by atoms with Crippen LogP contribution in [0.15, 0.2) is 42.5 Å². The molecule has 1 aliphatic rings. The second-order valence-corrected chi connectivity index (χ2v) is 5.33. The summed E-state index contributed by atoms with van der Waals surface area (Å²) in [6.45, 7) is 2.18. The number of aromatic amines is 1. The van der Waals surface area contributed by atoms with Crippen molar-refractivity contribution in [1.82, 2.24) is 4.98 Å². The van der Waals surface area contributed by atoms with Gasteiger partial charge in [0.15, 0.2) is 5.78 Å². The summed E-state index contributed by atoms with van der Waals surface area (Å²) in [7, 11) is 0. The van der Waals surface area contributed by atoms with E-state index in [2.05, 4.69) is 24.0 Å². The number of aryl methyl sites for hydroxylation is 1. The largest absolute Gasteiger partial charge is 0.358 e. The Bertz CT molecular complexity index is 842. The van der Waals surface area contributed by atoms with Gasteiger partial charge in [0.25, 0.3) is 0 Å². The van der Waals surface area contributed by atoms with Gasteiger partial charge in [-0.3, -0.25) is 4.79 Å². The number of nitrogens with one attached hydrogen (secondary N) is 1. The van der Waals surface area contributed by atoms with Gasteiger partial charge < -0.3 is 4.98 Å². The zero-order valence-electron chi connectivity index (χ0n) is 11.4. The van der Waals surface area contributed by atoms with Gasteiger partial charge in [-0.05, 0) is 18.1 Å². The van der Waals surface area contributed by atoms with Crippen LogP contribution in [-0.4, -0.2) is 10.8 Å². The van der Waals surface area contributed by atoms with Crippen molar-refractivity contribution in [1.29, 1.82) is 0 Å². The highest BCUT2D eigenvalue weighted by atomic mass is 16.1. The van der Waals surface area contributed by atoms with Crippen LogP contribution in [0.5, 0.6) is 0 Å². The van der Waals surface area contributed by atoms with Crippen molar-refractivity contribution < 1.29 is 4.79 Å². The van der Waals surface area contributed by atoms with Crippen molar-refractivity contribution in [2.75, 3.05) is 0 Å². The number of aromatic nitrogens is 1. The Morgan fingerprint density at radius 3 is 2.50 bits per heavy atom. The van der Waals surface area contributed by atoms with E-state index in [4.69, 9.17) is 0 Å². The SMILES string of the molecule is CCCc1[nH]c2cccc3c2c1-c1ccccc1C3=O. The molecule has 0 spiro atoms. The molecule has 1 aromatic heterocycles. The highest BCUT2D eigenvalue weighted by molar-refractivity contribution is 6.26. The number of rotatable bonds is 2. The fourth-order valence-corrected chi connectivity index (χ4v) is 3.27. The van der Waals surface area contributed by atoms with Crippen LogP contribution in [0.1, 0.15) is 35.0 Å². The molecule has 0 radical (unpaired) electrons. The van der Waals surface area contributed by atoms with Crippen LogP contribution in [-0.2, 0) is 6.42 Å². The van der Waals surface area contributed by atoms with E-state index in [9.17, 15) is 4.79 Å². The fraction of sp³-hybridized carbons (Fsp3) is 0.167. The zero-order chi connectivity index (χ0) is 13.7. The van der Waals surface area contributed by atoms with Crippen molar-refractivity contribution in [3.63, 3.8) is 0 Å². The summed E-state index contributed by atoms with van der Waals surface area (Å²) in [6, 6.07) is 13.9. The second-order valence-electron chi connectivity index (χ2n) is 5.33. The van der Waals surface area contributed by atoms with Gasteiger partial charge >= 0.3 is 0 Å². The summed E-state index contributed by atoms with van der Waals surface area (Å²) >= 11 is 0. The molecule has 1 aliphatic carbocycles. The number of fused-ring (bicyclic) bond motifs is 2. The molecule has 2 heteroatoms. The van der Waals surface area contributed by atoms with Crippen LogP contribution in [0.4, 0.5) is 0 Å². The molecular weight excluding hydrogens is 246 g/mol. The van der Waals surface area contributed by atoms with E-state index in [1.165, 1.54) is 11.3 Å². The molecule has 20 heavy (non-hydrogen) atoms. The number of ketones is 1. The predicted octanol–water partition coefficient (Wildman–Crippen LogP) is 4.33. The quantitative estimate of drug-likeness (QED) is 0.572. The van der Waals surface area contributed by atoms with Gasteiger partial charge in [-0.2, -0.15) is 0 Å². The second kappa shape index (κ2) is 4.07. The molecule has 0 bridgehead atoms. The molecule has 1 N–H and O–H groups in total. The van der Waals surface area contributed by atoms with Crippen molar-refractivity contribution in [3.05, 3.63) is 59.3 Å². The van der Waals surface area contributed by atoms with E-state index < -0.39 is 0 Å². The molecule has 3 aromatic rings. The summed E-state index contributed by atoms with van der Waals surface area (Å²) in [4.78, 5) is 16.2. The maximum Gasteiger partial charge on any atom is 0.194 e. The summed E-state index contributed by atoms with van der Waals surface area (Å²) in [5.41, 5.74) is 6.27.